The number of likely N-dealkylation sites (N-methyl/N-ethyl adjacent to an activating group) is 1. The molecule has 0 unspecified atom stereocenters. The Morgan fingerprint density at radius 2 is 2.24 bits per heavy atom. The molecule has 0 spiro atoms. The van der Waals surface area contributed by atoms with Crippen LogP contribution in [0.25, 0.3) is 0 Å². The molecule has 0 aliphatic carbocycles. The van der Waals surface area contributed by atoms with Crippen molar-refractivity contribution in [2.24, 2.45) is 5.73 Å². The Labute approximate surface area is 110 Å². The Morgan fingerprint density at radius 1 is 1.53 bits per heavy atom. The van der Waals surface area contributed by atoms with Crippen LogP contribution in [0.2, 0.25) is 0 Å². The number of amides is 1. The first-order chi connectivity index (χ1) is 8.04. The highest BCUT2D eigenvalue weighted by Gasteiger charge is 2.08. The van der Waals surface area contributed by atoms with Crippen molar-refractivity contribution in [1.82, 2.24) is 5.32 Å². The van der Waals surface area contributed by atoms with Crippen molar-refractivity contribution < 1.29 is 4.79 Å². The number of halogens is 1. The molecule has 0 heterocycles. The summed E-state index contributed by atoms with van der Waals surface area (Å²) >= 11 is 3.51. The predicted molar refractivity (Wildman–Crippen MR) is 74.0 cm³/mol. The normalized spacial score (nSPS) is 10.3. The van der Waals surface area contributed by atoms with E-state index in [-0.39, 0.29) is 12.5 Å². The third-order valence-electron chi connectivity index (χ3n) is 2.40. The SMILES string of the molecule is CCNCc1ccc(N(C)CC(N)=O)c(Br)c1. The van der Waals surface area contributed by atoms with Crippen LogP contribution in [-0.2, 0) is 11.3 Å². The lowest BCUT2D eigenvalue weighted by atomic mass is 10.2. The van der Waals surface area contributed by atoms with Crippen LogP contribution in [0.4, 0.5) is 5.69 Å². The van der Waals surface area contributed by atoms with Gasteiger partial charge in [-0.3, -0.25) is 4.79 Å². The molecule has 0 aliphatic rings. The summed E-state index contributed by atoms with van der Waals surface area (Å²) in [5.41, 5.74) is 7.34. The minimum absolute atomic E-state index is 0.213. The molecular weight excluding hydrogens is 282 g/mol. The summed E-state index contributed by atoms with van der Waals surface area (Å²) in [5.74, 6) is -0.337. The minimum Gasteiger partial charge on any atom is -0.368 e. The lowest BCUT2D eigenvalue weighted by Gasteiger charge is -2.19. The van der Waals surface area contributed by atoms with Gasteiger partial charge < -0.3 is 16.0 Å². The number of carbonyl (C=O) groups excluding carboxylic acids is 1. The maximum Gasteiger partial charge on any atom is 0.236 e. The fourth-order valence-electron chi connectivity index (χ4n) is 1.56. The van der Waals surface area contributed by atoms with Gasteiger partial charge in [-0.2, -0.15) is 0 Å². The van der Waals surface area contributed by atoms with Gasteiger partial charge in [0.05, 0.1) is 12.2 Å². The Morgan fingerprint density at radius 3 is 2.76 bits per heavy atom. The van der Waals surface area contributed by atoms with E-state index in [0.29, 0.717) is 0 Å². The predicted octanol–water partition coefficient (Wildman–Crippen LogP) is 1.48. The number of anilines is 1. The van der Waals surface area contributed by atoms with Crippen LogP contribution in [0, 0.1) is 0 Å². The zero-order chi connectivity index (χ0) is 12.8. The Bertz CT molecular complexity index is 395. The first-order valence-corrected chi connectivity index (χ1v) is 6.32. The monoisotopic (exact) mass is 299 g/mol. The average Bonchev–Trinajstić information content (AvgIpc) is 2.25. The molecule has 0 saturated carbocycles. The fraction of sp³-hybridized carbons (Fsp3) is 0.417. The third kappa shape index (κ3) is 4.36. The molecule has 0 fully saturated rings. The van der Waals surface area contributed by atoms with Gasteiger partial charge in [0.25, 0.3) is 0 Å². The van der Waals surface area contributed by atoms with Gasteiger partial charge in [0.2, 0.25) is 5.91 Å². The molecular formula is C12H18BrN3O. The summed E-state index contributed by atoms with van der Waals surface area (Å²) in [7, 11) is 1.84. The van der Waals surface area contributed by atoms with Crippen LogP contribution < -0.4 is 16.0 Å². The summed E-state index contributed by atoms with van der Waals surface area (Å²) in [6, 6.07) is 6.08. The first-order valence-electron chi connectivity index (χ1n) is 5.53. The van der Waals surface area contributed by atoms with Crippen LogP contribution in [0.1, 0.15) is 12.5 Å². The molecule has 94 valence electrons. The van der Waals surface area contributed by atoms with E-state index in [1.165, 1.54) is 5.56 Å². The van der Waals surface area contributed by atoms with Crippen LogP contribution >= 0.6 is 15.9 Å². The van der Waals surface area contributed by atoms with Gasteiger partial charge in [-0.05, 0) is 40.2 Å². The van der Waals surface area contributed by atoms with Crippen molar-refractivity contribution in [1.29, 1.82) is 0 Å². The van der Waals surface area contributed by atoms with Gasteiger partial charge in [-0.25, -0.2) is 0 Å². The highest BCUT2D eigenvalue weighted by atomic mass is 79.9. The molecule has 4 nitrogen and oxygen atoms in total. The van der Waals surface area contributed by atoms with E-state index in [2.05, 4.69) is 34.2 Å². The molecule has 0 saturated heterocycles. The summed E-state index contributed by atoms with van der Waals surface area (Å²) in [6.45, 7) is 4.07. The molecule has 17 heavy (non-hydrogen) atoms. The van der Waals surface area contributed by atoms with E-state index >= 15 is 0 Å². The Hall–Kier alpha value is -1.07. The van der Waals surface area contributed by atoms with Gasteiger partial charge >= 0.3 is 0 Å². The molecule has 0 atom stereocenters. The van der Waals surface area contributed by atoms with Crippen LogP contribution in [-0.4, -0.2) is 26.0 Å². The number of primary amides is 1. The second kappa shape index (κ2) is 6.61. The fourth-order valence-corrected chi connectivity index (χ4v) is 2.29. The van der Waals surface area contributed by atoms with E-state index in [0.717, 1.165) is 23.2 Å². The third-order valence-corrected chi connectivity index (χ3v) is 3.03. The summed E-state index contributed by atoms with van der Waals surface area (Å²) in [6.07, 6.45) is 0. The van der Waals surface area contributed by atoms with Gasteiger partial charge in [-0.15, -0.1) is 0 Å². The molecule has 0 aliphatic heterocycles. The lowest BCUT2D eigenvalue weighted by Crippen LogP contribution is -2.30. The van der Waals surface area contributed by atoms with E-state index in [4.69, 9.17) is 5.73 Å². The van der Waals surface area contributed by atoms with Gasteiger partial charge in [0.1, 0.15) is 0 Å². The van der Waals surface area contributed by atoms with Crippen molar-refractivity contribution in [3.63, 3.8) is 0 Å². The molecule has 5 heteroatoms. The summed E-state index contributed by atoms with van der Waals surface area (Å²) in [5, 5.41) is 3.26. The number of benzene rings is 1. The molecule has 0 aromatic heterocycles. The number of nitrogens with two attached hydrogens (primary N) is 1. The van der Waals surface area contributed by atoms with Crippen LogP contribution in [0.15, 0.2) is 22.7 Å². The van der Waals surface area contributed by atoms with Crippen molar-refractivity contribution in [3.05, 3.63) is 28.2 Å². The molecule has 1 rings (SSSR count). The number of rotatable bonds is 6. The van der Waals surface area contributed by atoms with Crippen molar-refractivity contribution in [3.8, 4) is 0 Å². The second-order valence-corrected chi connectivity index (χ2v) is 4.74. The minimum atomic E-state index is -0.337. The molecule has 1 aromatic carbocycles. The number of hydrogen-bond acceptors (Lipinski definition) is 3. The van der Waals surface area contributed by atoms with Gasteiger partial charge in [0.15, 0.2) is 0 Å². The number of nitrogens with one attached hydrogen (secondary N) is 1. The Balaban J connectivity index is 2.78. The van der Waals surface area contributed by atoms with E-state index < -0.39 is 0 Å². The second-order valence-electron chi connectivity index (χ2n) is 3.89. The maximum absolute atomic E-state index is 10.9. The van der Waals surface area contributed by atoms with Crippen molar-refractivity contribution in [2.45, 2.75) is 13.5 Å². The van der Waals surface area contributed by atoms with Crippen LogP contribution in [0.5, 0.6) is 0 Å². The maximum atomic E-state index is 10.9. The summed E-state index contributed by atoms with van der Waals surface area (Å²) in [4.78, 5) is 12.7. The molecule has 1 aromatic rings. The van der Waals surface area contributed by atoms with Crippen LogP contribution in [0.3, 0.4) is 0 Å². The molecule has 0 radical (unpaired) electrons. The van der Waals surface area contributed by atoms with E-state index in [1.54, 1.807) is 0 Å². The Kier molecular flexibility index (Phi) is 5.44. The van der Waals surface area contributed by atoms with E-state index in [1.807, 2.05) is 24.1 Å². The van der Waals surface area contributed by atoms with Gasteiger partial charge in [-0.1, -0.05) is 13.0 Å². The number of carbonyl (C=O) groups is 1. The highest BCUT2D eigenvalue weighted by molar-refractivity contribution is 9.10. The zero-order valence-electron chi connectivity index (χ0n) is 10.2. The number of hydrogen-bond donors (Lipinski definition) is 2. The van der Waals surface area contributed by atoms with Gasteiger partial charge in [0, 0.05) is 18.1 Å². The average molecular weight is 300 g/mol. The molecule has 3 N–H and O–H groups in total. The standard InChI is InChI=1S/C12H18BrN3O/c1-3-15-7-9-4-5-11(10(13)6-9)16(2)8-12(14)17/h4-6,15H,3,7-8H2,1-2H3,(H2,14,17). The quantitative estimate of drug-likeness (QED) is 0.836. The molecule has 0 bridgehead atoms. The smallest absolute Gasteiger partial charge is 0.236 e. The topological polar surface area (TPSA) is 58.4 Å². The van der Waals surface area contributed by atoms with Crippen molar-refractivity contribution in [2.75, 3.05) is 25.0 Å². The van der Waals surface area contributed by atoms with E-state index in [9.17, 15) is 4.79 Å². The largest absolute Gasteiger partial charge is 0.368 e. The lowest BCUT2D eigenvalue weighted by molar-refractivity contribution is -0.116. The van der Waals surface area contributed by atoms with Crippen molar-refractivity contribution >= 4 is 27.5 Å². The zero-order valence-corrected chi connectivity index (χ0v) is 11.8. The molecule has 1 amide bonds. The first kappa shape index (κ1) is 14.0. The highest BCUT2D eigenvalue weighted by Crippen LogP contribution is 2.26. The summed E-state index contributed by atoms with van der Waals surface area (Å²) < 4.78 is 0.969. The number of nitrogens with zero attached hydrogens (tertiary/aromatic N) is 1.